The predicted molar refractivity (Wildman–Crippen MR) is 65.3 cm³/mol. The van der Waals surface area contributed by atoms with E-state index in [1.165, 1.54) is 12.1 Å². The smallest absolute Gasteiger partial charge is 0.381 e. The molecule has 1 aromatic carbocycles. The van der Waals surface area contributed by atoms with Crippen LogP contribution >= 0.6 is 15.9 Å². The highest BCUT2D eigenvalue weighted by Crippen LogP contribution is 2.48. The first-order chi connectivity index (χ1) is 10.3. The van der Waals surface area contributed by atoms with Crippen LogP contribution in [0.3, 0.4) is 0 Å². The van der Waals surface area contributed by atoms with Crippen LogP contribution in [0.25, 0.3) is 0 Å². The van der Waals surface area contributed by atoms with Crippen LogP contribution in [0.5, 0.6) is 0 Å². The van der Waals surface area contributed by atoms with Gasteiger partial charge in [-0.05, 0) is 18.2 Å². The zero-order valence-electron chi connectivity index (χ0n) is 10.8. The molecule has 0 aromatic heterocycles. The number of rotatable bonds is 6. The average Bonchev–Trinajstić information content (AvgIpc) is 2.44. The monoisotopic (exact) mass is 414 g/mol. The van der Waals surface area contributed by atoms with Crippen molar-refractivity contribution in [3.05, 3.63) is 34.3 Å². The van der Waals surface area contributed by atoms with Gasteiger partial charge in [-0.3, -0.25) is 0 Å². The maximum atomic E-state index is 13.2. The Morgan fingerprint density at radius 3 is 2.17 bits per heavy atom. The third-order valence-corrected chi connectivity index (χ3v) is 3.09. The second-order valence-electron chi connectivity index (χ2n) is 4.29. The van der Waals surface area contributed by atoms with Crippen molar-refractivity contribution in [3.8, 4) is 0 Å². The van der Waals surface area contributed by atoms with Crippen LogP contribution in [0, 0.1) is 0 Å². The molecule has 0 aliphatic rings. The molecule has 0 radical (unpaired) electrons. The van der Waals surface area contributed by atoms with E-state index in [1.54, 1.807) is 0 Å². The topological polar surface area (TPSA) is 26.3 Å². The molecule has 1 rings (SSSR count). The average molecular weight is 415 g/mol. The predicted octanol–water partition coefficient (Wildman–Crippen LogP) is 4.78. The van der Waals surface area contributed by atoms with E-state index in [1.807, 2.05) is 0 Å². The molecule has 0 saturated carbocycles. The Balaban J connectivity index is 2.88. The van der Waals surface area contributed by atoms with Crippen LogP contribution in [0.4, 0.5) is 35.1 Å². The van der Waals surface area contributed by atoms with Crippen LogP contribution in [-0.4, -0.2) is 36.8 Å². The minimum Gasteiger partial charge on any atom is -0.455 e. The van der Waals surface area contributed by atoms with Crippen molar-refractivity contribution >= 4 is 21.9 Å². The summed E-state index contributed by atoms with van der Waals surface area (Å²) < 4.78 is 105. The molecule has 0 atom stereocenters. The van der Waals surface area contributed by atoms with E-state index in [4.69, 9.17) is 0 Å². The molecule has 2 nitrogen and oxygen atoms in total. The molecule has 0 spiro atoms. The van der Waals surface area contributed by atoms with Crippen LogP contribution < -0.4 is 0 Å². The Bertz CT molecular complexity index is 576. The van der Waals surface area contributed by atoms with E-state index < -0.39 is 36.8 Å². The first-order valence-electron chi connectivity index (χ1n) is 5.67. The van der Waals surface area contributed by atoms with Crippen LogP contribution in [0.1, 0.15) is 10.4 Å². The van der Waals surface area contributed by atoms with Crippen molar-refractivity contribution < 1.29 is 44.7 Å². The quantitative estimate of drug-likeness (QED) is 0.494. The van der Waals surface area contributed by atoms with E-state index in [9.17, 15) is 39.9 Å². The van der Waals surface area contributed by atoms with Crippen LogP contribution in [0.15, 0.2) is 28.7 Å². The lowest BCUT2D eigenvalue weighted by Gasteiger charge is -2.31. The molecular weight excluding hydrogens is 408 g/mol. The van der Waals surface area contributed by atoms with Gasteiger partial charge in [0.25, 0.3) is 0 Å². The number of halogens is 9. The standard InChI is InChI=1S/C12H7BrF8O2/c13-7-3-1-2-6(4-7)8(22)23-5-10(16,17)12(20,21)11(18,19)9(14)15/h1-4,9H,5H2. The molecule has 0 unspecified atom stereocenters. The Morgan fingerprint density at radius 2 is 1.70 bits per heavy atom. The van der Waals surface area contributed by atoms with Gasteiger partial charge in [0.05, 0.1) is 5.56 Å². The van der Waals surface area contributed by atoms with Gasteiger partial charge in [-0.25, -0.2) is 13.6 Å². The first kappa shape index (κ1) is 19.7. The zero-order valence-corrected chi connectivity index (χ0v) is 12.4. The van der Waals surface area contributed by atoms with Gasteiger partial charge in [0, 0.05) is 4.47 Å². The summed E-state index contributed by atoms with van der Waals surface area (Å²) in [6.07, 6.45) is -5.02. The van der Waals surface area contributed by atoms with Crippen molar-refractivity contribution in [3.63, 3.8) is 0 Å². The molecule has 130 valence electrons. The zero-order chi connectivity index (χ0) is 18.1. The number of benzene rings is 1. The van der Waals surface area contributed by atoms with Crippen molar-refractivity contribution in [2.45, 2.75) is 24.2 Å². The molecule has 0 aliphatic carbocycles. The van der Waals surface area contributed by atoms with E-state index in [-0.39, 0.29) is 5.56 Å². The molecule has 0 heterocycles. The number of carbonyl (C=O) groups is 1. The first-order valence-corrected chi connectivity index (χ1v) is 6.46. The summed E-state index contributed by atoms with van der Waals surface area (Å²) in [5, 5.41) is 0. The lowest BCUT2D eigenvalue weighted by Crippen LogP contribution is -2.59. The lowest BCUT2D eigenvalue weighted by molar-refractivity contribution is -0.343. The normalized spacial score (nSPS) is 13.3. The maximum Gasteiger partial charge on any atom is 0.381 e. The molecule has 1 aromatic rings. The third-order valence-electron chi connectivity index (χ3n) is 2.60. The molecule has 0 N–H and O–H groups in total. The van der Waals surface area contributed by atoms with Gasteiger partial charge >= 0.3 is 30.2 Å². The molecule has 23 heavy (non-hydrogen) atoms. The van der Waals surface area contributed by atoms with Gasteiger partial charge in [-0.15, -0.1) is 0 Å². The largest absolute Gasteiger partial charge is 0.455 e. The van der Waals surface area contributed by atoms with Crippen molar-refractivity contribution in [2.75, 3.05) is 6.61 Å². The molecule has 0 saturated heterocycles. The minimum atomic E-state index is -6.41. The van der Waals surface area contributed by atoms with Gasteiger partial charge in [0.15, 0.2) is 6.61 Å². The van der Waals surface area contributed by atoms with Crippen molar-refractivity contribution in [2.24, 2.45) is 0 Å². The number of alkyl halides is 8. The van der Waals surface area contributed by atoms with E-state index in [2.05, 4.69) is 20.7 Å². The SMILES string of the molecule is O=C(OCC(F)(F)C(F)(F)C(F)(F)C(F)F)c1cccc(Br)c1. The van der Waals surface area contributed by atoms with E-state index in [0.29, 0.717) is 4.47 Å². The summed E-state index contributed by atoms with van der Waals surface area (Å²) in [5.41, 5.74) is -0.334. The Morgan fingerprint density at radius 1 is 1.13 bits per heavy atom. The lowest BCUT2D eigenvalue weighted by atomic mass is 10.1. The summed E-state index contributed by atoms with van der Waals surface area (Å²) in [6.45, 7) is -2.49. The third kappa shape index (κ3) is 3.93. The molecule has 11 heteroatoms. The van der Waals surface area contributed by atoms with Gasteiger partial charge < -0.3 is 4.74 Å². The highest BCUT2D eigenvalue weighted by atomic mass is 79.9. The Kier molecular flexibility index (Phi) is 5.65. The number of hydrogen-bond acceptors (Lipinski definition) is 2. The fourth-order valence-electron chi connectivity index (χ4n) is 1.33. The fourth-order valence-corrected chi connectivity index (χ4v) is 1.73. The number of hydrogen-bond donors (Lipinski definition) is 0. The van der Waals surface area contributed by atoms with E-state index in [0.717, 1.165) is 12.1 Å². The summed E-state index contributed by atoms with van der Waals surface area (Å²) >= 11 is 2.94. The summed E-state index contributed by atoms with van der Waals surface area (Å²) in [7, 11) is 0. The Hall–Kier alpha value is -1.39. The molecular formula is C12H7BrF8O2. The van der Waals surface area contributed by atoms with Gasteiger partial charge in [0.1, 0.15) is 0 Å². The molecule has 0 amide bonds. The van der Waals surface area contributed by atoms with Crippen LogP contribution in [-0.2, 0) is 4.74 Å². The second kappa shape index (κ2) is 6.62. The number of esters is 1. The molecule has 0 aliphatic heterocycles. The molecule has 0 fully saturated rings. The van der Waals surface area contributed by atoms with Gasteiger partial charge in [-0.2, -0.15) is 26.3 Å². The number of ether oxygens (including phenoxy) is 1. The summed E-state index contributed by atoms with van der Waals surface area (Å²) in [6, 6.07) is 4.91. The van der Waals surface area contributed by atoms with Crippen LogP contribution in [0.2, 0.25) is 0 Å². The highest BCUT2D eigenvalue weighted by molar-refractivity contribution is 9.10. The number of carbonyl (C=O) groups excluding carboxylic acids is 1. The minimum absolute atomic E-state index is 0.327. The maximum absolute atomic E-state index is 13.2. The van der Waals surface area contributed by atoms with E-state index >= 15 is 0 Å². The highest BCUT2D eigenvalue weighted by Gasteiger charge is 2.75. The van der Waals surface area contributed by atoms with Crippen molar-refractivity contribution in [1.29, 1.82) is 0 Å². The fraction of sp³-hybridized carbons (Fsp3) is 0.417. The summed E-state index contributed by atoms with van der Waals surface area (Å²) in [5.74, 6) is -19.9. The second-order valence-corrected chi connectivity index (χ2v) is 5.20. The molecule has 0 bridgehead atoms. The Labute approximate surface area is 132 Å². The summed E-state index contributed by atoms with van der Waals surface area (Å²) in [4.78, 5) is 11.4. The van der Waals surface area contributed by atoms with Gasteiger partial charge in [-0.1, -0.05) is 22.0 Å². The van der Waals surface area contributed by atoms with Crippen molar-refractivity contribution in [1.82, 2.24) is 0 Å². The van der Waals surface area contributed by atoms with Gasteiger partial charge in [0.2, 0.25) is 0 Å².